The summed E-state index contributed by atoms with van der Waals surface area (Å²) < 4.78 is 1.63. The van der Waals surface area contributed by atoms with Crippen LogP contribution in [0.1, 0.15) is 18.2 Å². The molecule has 0 spiro atoms. The molecule has 0 bridgehead atoms. The number of carboxylic acid groups (broad SMARTS) is 1. The van der Waals surface area contributed by atoms with Crippen LogP contribution in [0.4, 0.5) is 10.5 Å². The summed E-state index contributed by atoms with van der Waals surface area (Å²) in [5.74, 6) is -0.873. The van der Waals surface area contributed by atoms with Gasteiger partial charge in [-0.15, -0.1) is 5.10 Å². The average Bonchev–Trinajstić information content (AvgIpc) is 3.22. The lowest BCUT2D eigenvalue weighted by Crippen LogP contribution is -2.29. The number of carboxylic acids is 1. The van der Waals surface area contributed by atoms with E-state index in [1.54, 1.807) is 35.1 Å². The van der Waals surface area contributed by atoms with Gasteiger partial charge in [0.05, 0.1) is 18.8 Å². The summed E-state index contributed by atoms with van der Waals surface area (Å²) in [6.45, 7) is 0.720. The van der Waals surface area contributed by atoms with Gasteiger partial charge >= 0.3 is 12.0 Å². The van der Waals surface area contributed by atoms with Gasteiger partial charge in [0.25, 0.3) is 0 Å². The molecule has 3 rings (SSSR count). The second-order valence-electron chi connectivity index (χ2n) is 5.70. The van der Waals surface area contributed by atoms with E-state index in [2.05, 4.69) is 26.3 Å². The molecule has 1 aromatic heterocycles. The van der Waals surface area contributed by atoms with E-state index in [9.17, 15) is 9.59 Å². The zero-order valence-corrected chi connectivity index (χ0v) is 13.9. The fourth-order valence-electron chi connectivity index (χ4n) is 2.59. The highest BCUT2D eigenvalue weighted by Gasteiger charge is 2.30. The van der Waals surface area contributed by atoms with E-state index in [-0.39, 0.29) is 18.6 Å². The van der Waals surface area contributed by atoms with Gasteiger partial charge in [-0.25, -0.2) is 9.48 Å². The molecule has 0 saturated carbocycles. The topological polar surface area (TPSA) is 121 Å². The molecule has 2 aromatic rings. The first-order valence-corrected chi connectivity index (χ1v) is 8.06. The molecule has 2 amide bonds. The zero-order valence-electron chi connectivity index (χ0n) is 13.1. The summed E-state index contributed by atoms with van der Waals surface area (Å²) in [4.78, 5) is 22.8. The van der Waals surface area contributed by atoms with Crippen molar-refractivity contribution >= 4 is 29.3 Å². The predicted molar refractivity (Wildman–Crippen MR) is 90.4 cm³/mol. The maximum atomic E-state index is 11.9. The number of carbonyl (C=O) groups is 2. The van der Waals surface area contributed by atoms with E-state index in [1.165, 1.54) is 0 Å². The van der Waals surface area contributed by atoms with Crippen LogP contribution in [0.2, 0.25) is 5.02 Å². The Labute approximate surface area is 148 Å². The molecule has 0 aliphatic carbocycles. The van der Waals surface area contributed by atoms with E-state index < -0.39 is 12.0 Å². The fourth-order valence-corrected chi connectivity index (χ4v) is 2.78. The average molecular weight is 365 g/mol. The van der Waals surface area contributed by atoms with E-state index in [1.807, 2.05) is 0 Å². The number of anilines is 1. The van der Waals surface area contributed by atoms with Crippen LogP contribution in [0.3, 0.4) is 0 Å². The number of amides is 2. The number of hydrogen-bond donors (Lipinski definition) is 4. The van der Waals surface area contributed by atoms with Crippen LogP contribution in [0, 0.1) is 0 Å². The van der Waals surface area contributed by atoms with Crippen molar-refractivity contribution in [2.75, 3.05) is 11.9 Å². The van der Waals surface area contributed by atoms with Crippen LogP contribution in [-0.4, -0.2) is 44.7 Å². The fraction of sp³-hybridized carbons (Fsp3) is 0.333. The number of hydrogen-bond acceptors (Lipinski definition) is 5. The number of nitrogens with zero attached hydrogens (tertiary/aromatic N) is 3. The minimum Gasteiger partial charge on any atom is -0.480 e. The molecule has 10 heteroatoms. The van der Waals surface area contributed by atoms with Crippen molar-refractivity contribution in [1.29, 1.82) is 0 Å². The number of urea groups is 1. The van der Waals surface area contributed by atoms with Crippen molar-refractivity contribution in [3.05, 3.63) is 41.2 Å². The first kappa shape index (κ1) is 17.2. The lowest BCUT2D eigenvalue weighted by Gasteiger charge is -2.07. The molecule has 1 aliphatic rings. The van der Waals surface area contributed by atoms with Gasteiger partial charge in [0.1, 0.15) is 11.7 Å². The molecule has 0 radical (unpaired) electrons. The maximum Gasteiger partial charge on any atom is 0.320 e. The third kappa shape index (κ3) is 4.46. The molecule has 132 valence electrons. The second-order valence-corrected chi connectivity index (χ2v) is 6.13. The summed E-state index contributed by atoms with van der Waals surface area (Å²) in [5, 5.41) is 25.8. The summed E-state index contributed by atoms with van der Waals surface area (Å²) in [6, 6.07) is 5.81. The number of nitrogens with one attached hydrogen (secondary N) is 3. The third-order valence-electron chi connectivity index (χ3n) is 3.85. The number of halogens is 1. The summed E-state index contributed by atoms with van der Waals surface area (Å²) in [6.07, 6.45) is 2.15. The minimum absolute atomic E-state index is 0.0670. The van der Waals surface area contributed by atoms with Crippen LogP contribution >= 0.6 is 11.6 Å². The van der Waals surface area contributed by atoms with Gasteiger partial charge in [-0.3, -0.25) is 4.79 Å². The van der Waals surface area contributed by atoms with Crippen molar-refractivity contribution in [3.63, 3.8) is 0 Å². The van der Waals surface area contributed by atoms with Crippen molar-refractivity contribution in [1.82, 2.24) is 25.6 Å². The summed E-state index contributed by atoms with van der Waals surface area (Å²) in [5.41, 5.74) is 1.17. The number of aliphatic carboxylic acids is 1. The molecule has 1 aromatic carbocycles. The lowest BCUT2D eigenvalue weighted by molar-refractivity contribution is -0.139. The van der Waals surface area contributed by atoms with E-state index in [4.69, 9.17) is 16.7 Å². The number of benzene rings is 1. The number of aromatic nitrogens is 3. The van der Waals surface area contributed by atoms with E-state index in [0.717, 1.165) is 0 Å². The molecular weight excluding hydrogens is 348 g/mol. The van der Waals surface area contributed by atoms with Gasteiger partial charge in [-0.1, -0.05) is 22.9 Å². The van der Waals surface area contributed by atoms with Gasteiger partial charge in [-0.2, -0.15) is 0 Å². The van der Waals surface area contributed by atoms with Crippen molar-refractivity contribution < 1.29 is 14.7 Å². The highest BCUT2D eigenvalue weighted by atomic mass is 35.5. The Morgan fingerprint density at radius 2 is 2.28 bits per heavy atom. The standard InChI is InChI=1S/C15H17ClN6O3/c16-9-2-1-3-10(4-9)19-15(25)18-6-11-8-22(21-20-11)12-5-13(14(23)24)17-7-12/h1-4,8,12-13,17H,5-7H2,(H,23,24)(H2,18,19,25)/t12-,13-/m0/s1. The van der Waals surface area contributed by atoms with Crippen molar-refractivity contribution in [3.8, 4) is 0 Å². The maximum absolute atomic E-state index is 11.9. The Morgan fingerprint density at radius 3 is 3.00 bits per heavy atom. The monoisotopic (exact) mass is 364 g/mol. The Hall–Kier alpha value is -2.65. The predicted octanol–water partition coefficient (Wildman–Crippen LogP) is 1.24. The van der Waals surface area contributed by atoms with Crippen LogP contribution in [-0.2, 0) is 11.3 Å². The summed E-state index contributed by atoms with van der Waals surface area (Å²) >= 11 is 5.86. The number of carbonyl (C=O) groups excluding carboxylic acids is 1. The van der Waals surface area contributed by atoms with E-state index in [0.29, 0.717) is 29.4 Å². The molecule has 9 nitrogen and oxygen atoms in total. The summed E-state index contributed by atoms with van der Waals surface area (Å²) in [7, 11) is 0. The van der Waals surface area contributed by atoms with E-state index >= 15 is 0 Å². The molecule has 25 heavy (non-hydrogen) atoms. The zero-order chi connectivity index (χ0) is 17.8. The third-order valence-corrected chi connectivity index (χ3v) is 4.09. The van der Waals surface area contributed by atoms with Crippen LogP contribution in [0.5, 0.6) is 0 Å². The van der Waals surface area contributed by atoms with Crippen LogP contribution in [0.25, 0.3) is 0 Å². The van der Waals surface area contributed by atoms with Crippen LogP contribution in [0.15, 0.2) is 30.5 Å². The Bertz CT molecular complexity index is 780. The Morgan fingerprint density at radius 1 is 1.44 bits per heavy atom. The molecule has 4 N–H and O–H groups in total. The molecule has 0 unspecified atom stereocenters. The Balaban J connectivity index is 1.50. The Kier molecular flexibility index (Phi) is 5.15. The van der Waals surface area contributed by atoms with Gasteiger partial charge < -0.3 is 21.1 Å². The first-order valence-electron chi connectivity index (χ1n) is 7.68. The molecular formula is C15H17ClN6O3. The molecule has 1 fully saturated rings. The quantitative estimate of drug-likeness (QED) is 0.633. The first-order chi connectivity index (χ1) is 12.0. The largest absolute Gasteiger partial charge is 0.480 e. The highest BCUT2D eigenvalue weighted by Crippen LogP contribution is 2.19. The molecule has 2 heterocycles. The second kappa shape index (κ2) is 7.49. The van der Waals surface area contributed by atoms with Gasteiger partial charge in [0.15, 0.2) is 0 Å². The lowest BCUT2D eigenvalue weighted by atomic mass is 10.2. The smallest absolute Gasteiger partial charge is 0.320 e. The van der Waals surface area contributed by atoms with Gasteiger partial charge in [-0.05, 0) is 24.6 Å². The van der Waals surface area contributed by atoms with Gasteiger partial charge in [0, 0.05) is 17.3 Å². The van der Waals surface area contributed by atoms with Crippen molar-refractivity contribution in [2.45, 2.75) is 25.0 Å². The molecule has 1 saturated heterocycles. The highest BCUT2D eigenvalue weighted by molar-refractivity contribution is 6.30. The minimum atomic E-state index is -0.873. The van der Waals surface area contributed by atoms with Gasteiger partial charge in [0.2, 0.25) is 0 Å². The molecule has 1 aliphatic heterocycles. The number of rotatable bonds is 5. The van der Waals surface area contributed by atoms with Crippen LogP contribution < -0.4 is 16.0 Å². The normalized spacial score (nSPS) is 19.6. The SMILES string of the molecule is O=C(NCc1cn([C@@H]2CN[C@H](C(=O)O)C2)nn1)Nc1cccc(Cl)c1. The van der Waals surface area contributed by atoms with Crippen molar-refractivity contribution in [2.24, 2.45) is 0 Å². The molecule has 2 atom stereocenters.